The lowest BCUT2D eigenvalue weighted by Crippen LogP contribution is -2.39. The molecule has 0 heterocycles. The van der Waals surface area contributed by atoms with Crippen molar-refractivity contribution in [3.8, 4) is 5.75 Å². The number of hydrogen-bond donors (Lipinski definition) is 2. The molecule has 7 nitrogen and oxygen atoms in total. The number of nitrogens with zero attached hydrogens (tertiary/aromatic N) is 2. The van der Waals surface area contributed by atoms with Gasteiger partial charge in [-0.25, -0.2) is 13.8 Å². The average Bonchev–Trinajstić information content (AvgIpc) is 2.77. The maximum absolute atomic E-state index is 13.3. The second kappa shape index (κ2) is 9.65. The minimum absolute atomic E-state index is 0.0335. The van der Waals surface area contributed by atoms with E-state index in [9.17, 15) is 18.3 Å². The molecule has 32 heavy (non-hydrogen) atoms. The third kappa shape index (κ3) is 5.33. The van der Waals surface area contributed by atoms with Crippen LogP contribution in [-0.4, -0.2) is 31.7 Å². The number of nitrogens with one attached hydrogen (secondary N) is 1. The van der Waals surface area contributed by atoms with Crippen molar-refractivity contribution in [2.75, 3.05) is 10.8 Å². The van der Waals surface area contributed by atoms with Gasteiger partial charge in [0.2, 0.25) is 0 Å². The molecule has 0 aliphatic heterocycles. The standard InChI is InChI=1S/C24H25N3O4S/c1-17-8-12-20(13-9-17)27(32(30,31)21-14-10-18(2)11-15-21)16-24(29)26-25-19(3)22-6-4-5-7-23(22)28/h4-15,28H,16H2,1-3H3,(H,26,29)/b25-19-. The van der Waals surface area contributed by atoms with Gasteiger partial charge in [0.05, 0.1) is 16.3 Å². The van der Waals surface area contributed by atoms with Crippen LogP contribution in [0.1, 0.15) is 23.6 Å². The molecular formula is C24H25N3O4S. The third-order valence-electron chi connectivity index (χ3n) is 4.86. The lowest BCUT2D eigenvalue weighted by molar-refractivity contribution is -0.119. The molecule has 0 unspecified atom stereocenters. The molecule has 0 spiro atoms. The maximum Gasteiger partial charge on any atom is 0.264 e. The van der Waals surface area contributed by atoms with Crippen LogP contribution in [0.3, 0.4) is 0 Å². The summed E-state index contributed by atoms with van der Waals surface area (Å²) in [5.74, 6) is -0.581. The normalized spacial score (nSPS) is 11.8. The van der Waals surface area contributed by atoms with Gasteiger partial charge in [0.25, 0.3) is 15.9 Å². The summed E-state index contributed by atoms with van der Waals surface area (Å²) in [6, 6.07) is 19.9. The van der Waals surface area contributed by atoms with Crippen molar-refractivity contribution in [1.29, 1.82) is 0 Å². The summed E-state index contributed by atoms with van der Waals surface area (Å²) in [6.45, 7) is 4.94. The molecule has 0 saturated heterocycles. The zero-order valence-corrected chi connectivity index (χ0v) is 18.9. The van der Waals surface area contributed by atoms with Crippen molar-refractivity contribution in [2.45, 2.75) is 25.7 Å². The monoisotopic (exact) mass is 451 g/mol. The largest absolute Gasteiger partial charge is 0.507 e. The molecule has 3 rings (SSSR count). The number of aromatic hydroxyl groups is 1. The smallest absolute Gasteiger partial charge is 0.264 e. The maximum atomic E-state index is 13.3. The fraction of sp³-hybridized carbons (Fsp3) is 0.167. The van der Waals surface area contributed by atoms with E-state index in [0.29, 0.717) is 17.0 Å². The Morgan fingerprint density at radius 2 is 1.50 bits per heavy atom. The molecule has 8 heteroatoms. The van der Waals surface area contributed by atoms with Crippen LogP contribution in [0.2, 0.25) is 0 Å². The van der Waals surface area contributed by atoms with Crippen LogP contribution in [0.25, 0.3) is 0 Å². The zero-order chi connectivity index (χ0) is 23.3. The highest BCUT2D eigenvalue weighted by molar-refractivity contribution is 7.92. The number of sulfonamides is 1. The number of hydrazone groups is 1. The van der Waals surface area contributed by atoms with Gasteiger partial charge in [0.15, 0.2) is 0 Å². The van der Waals surface area contributed by atoms with E-state index in [1.165, 1.54) is 18.2 Å². The summed E-state index contributed by atoms with van der Waals surface area (Å²) in [6.07, 6.45) is 0. The lowest BCUT2D eigenvalue weighted by Gasteiger charge is -2.24. The van der Waals surface area contributed by atoms with E-state index in [0.717, 1.165) is 15.4 Å². The van der Waals surface area contributed by atoms with Crippen LogP contribution in [0.4, 0.5) is 5.69 Å². The summed E-state index contributed by atoms with van der Waals surface area (Å²) >= 11 is 0. The van der Waals surface area contributed by atoms with Crippen LogP contribution >= 0.6 is 0 Å². The quantitative estimate of drug-likeness (QED) is 0.422. The number of carbonyl (C=O) groups excluding carboxylic acids is 1. The van der Waals surface area contributed by atoms with Crippen LogP contribution < -0.4 is 9.73 Å². The first kappa shape index (κ1) is 23.0. The van der Waals surface area contributed by atoms with Gasteiger partial charge in [0.1, 0.15) is 12.3 Å². The first-order valence-electron chi connectivity index (χ1n) is 9.96. The van der Waals surface area contributed by atoms with Gasteiger partial charge in [-0.2, -0.15) is 5.10 Å². The van der Waals surface area contributed by atoms with Crippen LogP contribution in [0.5, 0.6) is 5.75 Å². The van der Waals surface area contributed by atoms with E-state index in [1.807, 2.05) is 13.8 Å². The fourth-order valence-electron chi connectivity index (χ4n) is 3.02. The minimum Gasteiger partial charge on any atom is -0.507 e. The van der Waals surface area contributed by atoms with Crippen LogP contribution in [0.15, 0.2) is 82.8 Å². The van der Waals surface area contributed by atoms with Crippen molar-refractivity contribution in [3.05, 3.63) is 89.5 Å². The first-order chi connectivity index (χ1) is 15.2. The minimum atomic E-state index is -3.99. The highest BCUT2D eigenvalue weighted by Crippen LogP contribution is 2.24. The van der Waals surface area contributed by atoms with Gasteiger partial charge >= 0.3 is 0 Å². The molecule has 1 amide bonds. The average molecular weight is 452 g/mol. The highest BCUT2D eigenvalue weighted by atomic mass is 32.2. The van der Waals surface area contributed by atoms with Gasteiger partial charge < -0.3 is 5.11 Å². The van der Waals surface area contributed by atoms with E-state index in [4.69, 9.17) is 0 Å². The predicted molar refractivity (Wildman–Crippen MR) is 125 cm³/mol. The van der Waals surface area contributed by atoms with Gasteiger partial charge in [-0.05, 0) is 57.2 Å². The van der Waals surface area contributed by atoms with Gasteiger partial charge in [-0.3, -0.25) is 9.10 Å². The van der Waals surface area contributed by atoms with E-state index < -0.39 is 22.5 Å². The molecular weight excluding hydrogens is 426 g/mol. The van der Waals surface area contributed by atoms with E-state index in [2.05, 4.69) is 10.5 Å². The molecule has 0 aliphatic rings. The second-order valence-electron chi connectivity index (χ2n) is 7.41. The fourth-order valence-corrected chi connectivity index (χ4v) is 4.44. The molecule has 0 aromatic heterocycles. The summed E-state index contributed by atoms with van der Waals surface area (Å²) < 4.78 is 27.7. The van der Waals surface area contributed by atoms with Crippen LogP contribution in [0, 0.1) is 13.8 Å². The molecule has 0 atom stereocenters. The Bertz CT molecular complexity index is 1230. The molecule has 0 bridgehead atoms. The molecule has 2 N–H and O–H groups in total. The summed E-state index contributed by atoms with van der Waals surface area (Å²) in [7, 11) is -3.99. The Morgan fingerprint density at radius 3 is 2.09 bits per heavy atom. The van der Waals surface area contributed by atoms with Crippen molar-refractivity contribution in [3.63, 3.8) is 0 Å². The van der Waals surface area contributed by atoms with E-state index in [1.54, 1.807) is 61.5 Å². The zero-order valence-electron chi connectivity index (χ0n) is 18.1. The summed E-state index contributed by atoms with van der Waals surface area (Å²) in [5.41, 5.74) is 5.50. The SMILES string of the molecule is C/C(=N/NC(=O)CN(c1ccc(C)cc1)S(=O)(=O)c1ccc(C)cc1)c1ccccc1O. The molecule has 0 saturated carbocycles. The number of phenolic OH excluding ortho intramolecular Hbond substituents is 1. The highest BCUT2D eigenvalue weighted by Gasteiger charge is 2.27. The van der Waals surface area contributed by atoms with E-state index >= 15 is 0 Å². The van der Waals surface area contributed by atoms with Crippen molar-refractivity contribution >= 4 is 27.3 Å². The molecule has 0 aliphatic carbocycles. The Hall–Kier alpha value is -3.65. The lowest BCUT2D eigenvalue weighted by atomic mass is 10.1. The first-order valence-corrected chi connectivity index (χ1v) is 11.4. The topological polar surface area (TPSA) is 99.1 Å². The third-order valence-corrected chi connectivity index (χ3v) is 6.65. The summed E-state index contributed by atoms with van der Waals surface area (Å²) in [4.78, 5) is 12.7. The number of benzene rings is 3. The number of aryl methyl sites for hydroxylation is 2. The number of amides is 1. The van der Waals surface area contributed by atoms with Crippen molar-refractivity contribution in [1.82, 2.24) is 5.43 Å². The summed E-state index contributed by atoms with van der Waals surface area (Å²) in [5, 5.41) is 14.0. The van der Waals surface area contributed by atoms with Crippen molar-refractivity contribution < 1.29 is 18.3 Å². The van der Waals surface area contributed by atoms with E-state index in [-0.39, 0.29) is 10.6 Å². The number of para-hydroxylation sites is 1. The Balaban J connectivity index is 1.88. The molecule has 3 aromatic rings. The Labute approximate surface area is 188 Å². The number of phenols is 1. The number of hydrogen-bond acceptors (Lipinski definition) is 5. The van der Waals surface area contributed by atoms with Crippen LogP contribution in [-0.2, 0) is 14.8 Å². The Kier molecular flexibility index (Phi) is 6.95. The second-order valence-corrected chi connectivity index (χ2v) is 9.27. The number of carbonyl (C=O) groups is 1. The van der Waals surface area contributed by atoms with Crippen molar-refractivity contribution in [2.24, 2.45) is 5.10 Å². The van der Waals surface area contributed by atoms with Gasteiger partial charge in [-0.15, -0.1) is 0 Å². The van der Waals surface area contributed by atoms with Gasteiger partial charge in [0, 0.05) is 5.56 Å². The molecule has 0 fully saturated rings. The number of rotatable bonds is 7. The predicted octanol–water partition coefficient (Wildman–Crippen LogP) is 3.74. The Morgan fingerprint density at radius 1 is 0.938 bits per heavy atom. The molecule has 0 radical (unpaired) electrons. The van der Waals surface area contributed by atoms with Gasteiger partial charge in [-0.1, -0.05) is 47.5 Å². The number of anilines is 1. The molecule has 166 valence electrons. The molecule has 3 aromatic carbocycles.